The molecule has 2 aromatic heterocycles. The van der Waals surface area contributed by atoms with Gasteiger partial charge in [0.1, 0.15) is 11.4 Å². The lowest BCUT2D eigenvalue weighted by Gasteiger charge is -2.31. The first kappa shape index (κ1) is 17.9. The first-order chi connectivity index (χ1) is 12.7. The molecule has 0 bridgehead atoms. The number of alkyl halides is 1. The molecule has 0 atom stereocenters. The van der Waals surface area contributed by atoms with Crippen LogP contribution in [-0.4, -0.2) is 52.8 Å². The van der Waals surface area contributed by atoms with Gasteiger partial charge < -0.3 is 14.8 Å². The second-order valence-electron chi connectivity index (χ2n) is 7.15. The average Bonchev–Trinajstić information content (AvgIpc) is 3.01. The van der Waals surface area contributed by atoms with Crippen molar-refractivity contribution in [2.45, 2.75) is 38.6 Å². The van der Waals surface area contributed by atoms with E-state index in [4.69, 9.17) is 16.6 Å². The Bertz CT molecular complexity index is 870. The summed E-state index contributed by atoms with van der Waals surface area (Å²) < 4.78 is 0. The summed E-state index contributed by atoms with van der Waals surface area (Å²) in [5.74, 6) is 1.27. The maximum Gasteiger partial charge on any atom is 0.260 e. The number of aromatic nitrogens is 2. The third-order valence-corrected chi connectivity index (χ3v) is 6.80. The fourth-order valence-corrected chi connectivity index (χ4v) is 5.46. The van der Waals surface area contributed by atoms with Crippen molar-refractivity contribution in [1.82, 2.24) is 14.9 Å². The predicted octanol–water partition coefficient (Wildman–Crippen LogP) is 0.719. The van der Waals surface area contributed by atoms with Crippen molar-refractivity contribution < 1.29 is 9.69 Å². The van der Waals surface area contributed by atoms with Crippen LogP contribution in [0.5, 0.6) is 0 Å². The zero-order chi connectivity index (χ0) is 18.1. The van der Waals surface area contributed by atoms with Gasteiger partial charge in [-0.15, -0.1) is 22.9 Å². The smallest absolute Gasteiger partial charge is 0.260 e. The Morgan fingerprint density at radius 1 is 1.27 bits per heavy atom. The summed E-state index contributed by atoms with van der Waals surface area (Å²) in [5.41, 5.74) is 1.25. The molecule has 26 heavy (non-hydrogen) atoms. The number of hydrogen-bond donors (Lipinski definition) is 2. The number of carbonyl (C=O) groups is 1. The summed E-state index contributed by atoms with van der Waals surface area (Å²) in [4.78, 5) is 37.8. The van der Waals surface area contributed by atoms with Gasteiger partial charge in [-0.05, 0) is 31.2 Å². The Balaban J connectivity index is 1.47. The molecule has 0 aromatic carbocycles. The van der Waals surface area contributed by atoms with Gasteiger partial charge in [0.15, 0.2) is 5.82 Å². The van der Waals surface area contributed by atoms with E-state index in [1.807, 2.05) is 4.90 Å². The molecule has 140 valence electrons. The number of quaternary nitrogens is 1. The number of rotatable bonds is 4. The number of carbonyl (C=O) groups excluding carboxylic acids is 1. The molecule has 0 spiro atoms. The Morgan fingerprint density at radius 3 is 2.81 bits per heavy atom. The number of aryl methyl sites for hydroxylation is 2. The highest BCUT2D eigenvalue weighted by atomic mass is 35.5. The molecule has 1 aliphatic carbocycles. The maximum atomic E-state index is 12.6. The van der Waals surface area contributed by atoms with Gasteiger partial charge in [0.25, 0.3) is 5.56 Å². The minimum absolute atomic E-state index is 0.0136. The number of piperazine rings is 1. The quantitative estimate of drug-likeness (QED) is 0.749. The van der Waals surface area contributed by atoms with E-state index in [1.165, 1.54) is 21.8 Å². The van der Waals surface area contributed by atoms with E-state index in [1.54, 1.807) is 11.3 Å². The lowest BCUT2D eigenvalue weighted by atomic mass is 9.97. The van der Waals surface area contributed by atoms with Crippen molar-refractivity contribution in [2.75, 3.05) is 32.1 Å². The van der Waals surface area contributed by atoms with Gasteiger partial charge in [0.05, 0.1) is 31.6 Å². The molecule has 2 aliphatic rings. The number of nitrogens with one attached hydrogen (secondary N) is 2. The van der Waals surface area contributed by atoms with Gasteiger partial charge in [0, 0.05) is 17.2 Å². The van der Waals surface area contributed by atoms with E-state index in [-0.39, 0.29) is 11.5 Å². The van der Waals surface area contributed by atoms with Gasteiger partial charge in [-0.3, -0.25) is 9.59 Å². The van der Waals surface area contributed by atoms with Gasteiger partial charge in [0.2, 0.25) is 5.91 Å². The van der Waals surface area contributed by atoms with E-state index in [0.29, 0.717) is 18.8 Å². The van der Waals surface area contributed by atoms with Gasteiger partial charge in [-0.1, -0.05) is 0 Å². The molecule has 1 amide bonds. The summed E-state index contributed by atoms with van der Waals surface area (Å²) >= 11 is 7.35. The van der Waals surface area contributed by atoms with Gasteiger partial charge in [-0.2, -0.15) is 0 Å². The van der Waals surface area contributed by atoms with Gasteiger partial charge >= 0.3 is 0 Å². The van der Waals surface area contributed by atoms with E-state index in [9.17, 15) is 9.59 Å². The number of halogens is 1. The molecule has 0 unspecified atom stereocenters. The molecule has 2 N–H and O–H groups in total. The van der Waals surface area contributed by atoms with Crippen LogP contribution in [0.25, 0.3) is 10.2 Å². The predicted molar refractivity (Wildman–Crippen MR) is 103 cm³/mol. The molecule has 0 saturated carbocycles. The van der Waals surface area contributed by atoms with Crippen molar-refractivity contribution >= 4 is 39.1 Å². The largest absolute Gasteiger partial charge is 0.331 e. The highest BCUT2D eigenvalue weighted by molar-refractivity contribution is 7.18. The summed E-state index contributed by atoms with van der Waals surface area (Å²) in [5, 5.41) is 0.819. The molecular formula is C18H24ClN4O2S+. The Hall–Kier alpha value is -1.44. The lowest BCUT2D eigenvalue weighted by Crippen LogP contribution is -3.13. The molecule has 1 aliphatic heterocycles. The number of amides is 1. The number of thiophene rings is 1. The SMILES string of the molecule is O=C(CCCl)N1CC[NH+](Cc2nc3sc4c(c3c(=O)[nH]2)CCCC4)CC1. The maximum absolute atomic E-state index is 12.6. The number of aromatic amines is 1. The Morgan fingerprint density at radius 2 is 2.04 bits per heavy atom. The van der Waals surface area contributed by atoms with Crippen LogP contribution in [-0.2, 0) is 24.2 Å². The highest BCUT2D eigenvalue weighted by Crippen LogP contribution is 2.33. The zero-order valence-electron chi connectivity index (χ0n) is 14.8. The van der Waals surface area contributed by atoms with E-state index in [0.717, 1.165) is 61.5 Å². The molecule has 2 aromatic rings. The van der Waals surface area contributed by atoms with E-state index in [2.05, 4.69) is 4.98 Å². The highest BCUT2D eigenvalue weighted by Gasteiger charge is 2.25. The first-order valence-corrected chi connectivity index (χ1v) is 10.7. The minimum atomic E-state index is 0.0136. The van der Waals surface area contributed by atoms with Crippen molar-refractivity contribution in [3.05, 3.63) is 26.6 Å². The lowest BCUT2D eigenvalue weighted by molar-refractivity contribution is -0.918. The standard InChI is InChI=1S/C18H23ClN4O2S/c19-6-5-15(24)23-9-7-22(8-10-23)11-14-20-17(25)16-12-3-1-2-4-13(12)26-18(16)21-14/h1-11H2,(H,20,21,25)/p+1. The molecule has 4 rings (SSSR count). The summed E-state index contributed by atoms with van der Waals surface area (Å²) in [6, 6.07) is 0. The Kier molecular flexibility index (Phi) is 5.29. The number of hydrogen-bond acceptors (Lipinski definition) is 4. The average molecular weight is 396 g/mol. The minimum Gasteiger partial charge on any atom is -0.331 e. The van der Waals surface area contributed by atoms with Crippen LogP contribution in [0.2, 0.25) is 0 Å². The van der Waals surface area contributed by atoms with Crippen molar-refractivity contribution in [2.24, 2.45) is 0 Å². The van der Waals surface area contributed by atoms with Crippen LogP contribution in [0, 0.1) is 0 Å². The summed E-state index contributed by atoms with van der Waals surface area (Å²) in [6.45, 7) is 3.92. The monoisotopic (exact) mass is 395 g/mol. The van der Waals surface area contributed by atoms with Crippen molar-refractivity contribution in [1.29, 1.82) is 0 Å². The van der Waals surface area contributed by atoms with Gasteiger partial charge in [-0.25, -0.2) is 4.98 Å². The van der Waals surface area contributed by atoms with E-state index >= 15 is 0 Å². The third-order valence-electron chi connectivity index (χ3n) is 5.42. The first-order valence-electron chi connectivity index (χ1n) is 9.36. The van der Waals surface area contributed by atoms with E-state index < -0.39 is 0 Å². The topological polar surface area (TPSA) is 70.5 Å². The Labute approximate surface area is 161 Å². The molecule has 3 heterocycles. The van der Waals surface area contributed by atoms with Crippen LogP contribution in [0.4, 0.5) is 0 Å². The zero-order valence-corrected chi connectivity index (χ0v) is 16.3. The second kappa shape index (κ2) is 7.66. The fourth-order valence-electron chi connectivity index (χ4n) is 4.02. The summed E-state index contributed by atoms with van der Waals surface area (Å²) in [6.07, 6.45) is 4.86. The van der Waals surface area contributed by atoms with Crippen LogP contribution >= 0.6 is 22.9 Å². The normalized spacial score (nSPS) is 18.3. The number of nitrogens with zero attached hydrogens (tertiary/aromatic N) is 2. The van der Waals surface area contributed by atoms with Crippen LogP contribution in [0.1, 0.15) is 35.5 Å². The molecule has 0 radical (unpaired) electrons. The molecular weight excluding hydrogens is 372 g/mol. The van der Waals surface area contributed by atoms with Crippen molar-refractivity contribution in [3.63, 3.8) is 0 Å². The van der Waals surface area contributed by atoms with Crippen LogP contribution < -0.4 is 10.5 Å². The fraction of sp³-hybridized carbons (Fsp3) is 0.611. The van der Waals surface area contributed by atoms with Crippen LogP contribution in [0.15, 0.2) is 4.79 Å². The molecule has 6 nitrogen and oxygen atoms in total. The molecule has 1 fully saturated rings. The summed E-state index contributed by atoms with van der Waals surface area (Å²) in [7, 11) is 0. The third kappa shape index (κ3) is 3.52. The van der Waals surface area contributed by atoms with Crippen LogP contribution in [0.3, 0.4) is 0 Å². The number of H-pyrrole nitrogens is 1. The molecule has 8 heteroatoms. The van der Waals surface area contributed by atoms with Crippen molar-refractivity contribution in [3.8, 4) is 0 Å². The second-order valence-corrected chi connectivity index (χ2v) is 8.61. The molecule has 1 saturated heterocycles. The number of fused-ring (bicyclic) bond motifs is 3.